The molecule has 0 aliphatic heterocycles. The van der Waals surface area contributed by atoms with Crippen molar-refractivity contribution in [1.82, 2.24) is 0 Å². The molecule has 0 saturated carbocycles. The Bertz CT molecular complexity index is 548. The highest BCUT2D eigenvalue weighted by Crippen LogP contribution is 2.28. The molecule has 100 valence electrons. The Balaban J connectivity index is 2.32. The number of hydrogen-bond donors (Lipinski definition) is 1. The van der Waals surface area contributed by atoms with Gasteiger partial charge in [-0.15, -0.1) is 0 Å². The highest BCUT2D eigenvalue weighted by molar-refractivity contribution is 9.10. The highest BCUT2D eigenvalue weighted by atomic mass is 79.9. The Morgan fingerprint density at radius 1 is 1.16 bits per heavy atom. The van der Waals surface area contributed by atoms with E-state index in [2.05, 4.69) is 35.0 Å². The van der Waals surface area contributed by atoms with Crippen molar-refractivity contribution < 1.29 is 5.11 Å². The first-order valence-corrected chi connectivity index (χ1v) is 7.50. The van der Waals surface area contributed by atoms with Crippen molar-refractivity contribution in [2.75, 3.05) is 0 Å². The molecule has 1 N–H and O–H groups in total. The predicted octanol–water partition coefficient (Wildman–Crippen LogP) is 5.14. The fourth-order valence-electron chi connectivity index (χ4n) is 2.13. The van der Waals surface area contributed by atoms with E-state index >= 15 is 0 Å². The number of rotatable bonds is 4. The third-order valence-corrected chi connectivity index (χ3v) is 3.68. The molecule has 19 heavy (non-hydrogen) atoms. The maximum absolute atomic E-state index is 10.5. The first-order chi connectivity index (χ1) is 9.10. The van der Waals surface area contributed by atoms with Crippen molar-refractivity contribution in [2.45, 2.75) is 25.9 Å². The molecular weight excluding hydrogens is 324 g/mol. The molecule has 0 spiro atoms. The van der Waals surface area contributed by atoms with Crippen LogP contribution in [0.1, 0.15) is 36.1 Å². The van der Waals surface area contributed by atoms with Gasteiger partial charge in [-0.2, -0.15) is 0 Å². The van der Waals surface area contributed by atoms with E-state index in [1.807, 2.05) is 24.3 Å². The van der Waals surface area contributed by atoms with Gasteiger partial charge < -0.3 is 5.11 Å². The smallest absolute Gasteiger partial charge is 0.104 e. The molecule has 2 aromatic rings. The second kappa shape index (κ2) is 6.56. The summed E-state index contributed by atoms with van der Waals surface area (Å²) in [7, 11) is 0. The first kappa shape index (κ1) is 14.6. The Morgan fingerprint density at radius 3 is 2.63 bits per heavy atom. The molecule has 1 unspecified atom stereocenters. The van der Waals surface area contributed by atoms with E-state index in [1.54, 1.807) is 6.07 Å². The van der Waals surface area contributed by atoms with Crippen LogP contribution in [0.2, 0.25) is 5.02 Å². The number of hydrogen-bond acceptors (Lipinski definition) is 1. The topological polar surface area (TPSA) is 20.2 Å². The van der Waals surface area contributed by atoms with Crippen LogP contribution in [0, 0.1) is 0 Å². The van der Waals surface area contributed by atoms with Crippen molar-refractivity contribution in [3.63, 3.8) is 0 Å². The first-order valence-electron chi connectivity index (χ1n) is 6.33. The fourth-order valence-corrected chi connectivity index (χ4v) is 3.02. The van der Waals surface area contributed by atoms with Gasteiger partial charge >= 0.3 is 0 Å². The van der Waals surface area contributed by atoms with E-state index < -0.39 is 6.10 Å². The zero-order valence-electron chi connectivity index (χ0n) is 10.7. The van der Waals surface area contributed by atoms with Crippen LogP contribution in [0.4, 0.5) is 0 Å². The summed E-state index contributed by atoms with van der Waals surface area (Å²) in [5, 5.41) is 11.1. The lowest BCUT2D eigenvalue weighted by Crippen LogP contribution is -2.00. The predicted molar refractivity (Wildman–Crippen MR) is 83.7 cm³/mol. The number of aryl methyl sites for hydroxylation is 1. The maximum Gasteiger partial charge on any atom is 0.104 e. The van der Waals surface area contributed by atoms with Gasteiger partial charge in [0.05, 0.1) is 0 Å². The van der Waals surface area contributed by atoms with Gasteiger partial charge in [0.1, 0.15) is 6.10 Å². The minimum absolute atomic E-state index is 0.619. The molecule has 1 nitrogen and oxygen atoms in total. The van der Waals surface area contributed by atoms with Gasteiger partial charge in [0.25, 0.3) is 0 Å². The van der Waals surface area contributed by atoms with E-state index in [0.717, 1.165) is 28.4 Å². The van der Waals surface area contributed by atoms with Gasteiger partial charge in [0.15, 0.2) is 0 Å². The summed E-state index contributed by atoms with van der Waals surface area (Å²) >= 11 is 9.42. The van der Waals surface area contributed by atoms with Crippen LogP contribution in [0.15, 0.2) is 46.9 Å². The van der Waals surface area contributed by atoms with E-state index in [1.165, 1.54) is 5.56 Å². The number of aliphatic hydroxyl groups excluding tert-OH is 1. The van der Waals surface area contributed by atoms with Gasteiger partial charge in [-0.3, -0.25) is 0 Å². The standard InChI is InChI=1S/C16H16BrClO/c1-2-4-11-5-3-6-12(7-11)16(19)13-8-14(17)10-15(18)9-13/h3,5-10,16,19H,2,4H2,1H3. The average molecular weight is 340 g/mol. The van der Waals surface area contributed by atoms with Gasteiger partial charge in [0, 0.05) is 9.50 Å². The van der Waals surface area contributed by atoms with E-state index in [9.17, 15) is 5.11 Å². The highest BCUT2D eigenvalue weighted by Gasteiger charge is 2.12. The molecule has 3 heteroatoms. The second-order valence-electron chi connectivity index (χ2n) is 4.60. The summed E-state index contributed by atoms with van der Waals surface area (Å²) in [6.45, 7) is 2.15. The largest absolute Gasteiger partial charge is 0.384 e. The molecule has 0 saturated heterocycles. The van der Waals surface area contributed by atoms with Crippen LogP contribution >= 0.6 is 27.5 Å². The molecular formula is C16H16BrClO. The average Bonchev–Trinajstić information content (AvgIpc) is 2.37. The van der Waals surface area contributed by atoms with Crippen LogP contribution in [0.5, 0.6) is 0 Å². The van der Waals surface area contributed by atoms with Gasteiger partial charge in [-0.05, 0) is 41.3 Å². The Labute approximate surface area is 127 Å². The summed E-state index contributed by atoms with van der Waals surface area (Å²) in [4.78, 5) is 0. The quantitative estimate of drug-likeness (QED) is 0.818. The molecule has 1 atom stereocenters. The van der Waals surface area contributed by atoms with Gasteiger partial charge in [0.2, 0.25) is 0 Å². The molecule has 0 bridgehead atoms. The van der Waals surface area contributed by atoms with Crippen molar-refractivity contribution in [2.24, 2.45) is 0 Å². The number of benzene rings is 2. The minimum Gasteiger partial charge on any atom is -0.384 e. The van der Waals surface area contributed by atoms with Crippen molar-refractivity contribution in [3.8, 4) is 0 Å². The zero-order valence-corrected chi connectivity index (χ0v) is 13.1. The summed E-state index contributed by atoms with van der Waals surface area (Å²) in [6, 6.07) is 13.6. The minimum atomic E-state index is -0.646. The molecule has 0 radical (unpaired) electrons. The van der Waals surface area contributed by atoms with Crippen LogP contribution in [0.25, 0.3) is 0 Å². The van der Waals surface area contributed by atoms with Crippen LogP contribution in [-0.2, 0) is 6.42 Å². The monoisotopic (exact) mass is 338 g/mol. The lowest BCUT2D eigenvalue weighted by atomic mass is 9.98. The van der Waals surface area contributed by atoms with Crippen LogP contribution in [0.3, 0.4) is 0 Å². The molecule has 0 aromatic heterocycles. The molecule has 0 aliphatic rings. The molecule has 0 amide bonds. The lowest BCUT2D eigenvalue weighted by Gasteiger charge is -2.13. The summed E-state index contributed by atoms with van der Waals surface area (Å²) in [5.74, 6) is 0. The summed E-state index contributed by atoms with van der Waals surface area (Å²) in [6.07, 6.45) is 1.48. The van der Waals surface area contributed by atoms with E-state index in [-0.39, 0.29) is 0 Å². The lowest BCUT2D eigenvalue weighted by molar-refractivity contribution is 0.220. The molecule has 2 aromatic carbocycles. The maximum atomic E-state index is 10.5. The molecule has 0 fully saturated rings. The van der Waals surface area contributed by atoms with Crippen LogP contribution < -0.4 is 0 Å². The van der Waals surface area contributed by atoms with Crippen LogP contribution in [-0.4, -0.2) is 5.11 Å². The Morgan fingerprint density at radius 2 is 1.95 bits per heavy atom. The summed E-state index contributed by atoms with van der Waals surface area (Å²) in [5.41, 5.74) is 2.95. The van der Waals surface area contributed by atoms with Crippen molar-refractivity contribution >= 4 is 27.5 Å². The van der Waals surface area contributed by atoms with E-state index in [4.69, 9.17) is 11.6 Å². The summed E-state index contributed by atoms with van der Waals surface area (Å²) < 4.78 is 0.874. The Hall–Kier alpha value is -0.830. The molecule has 2 rings (SSSR count). The van der Waals surface area contributed by atoms with Crippen molar-refractivity contribution in [3.05, 3.63) is 68.7 Å². The third-order valence-electron chi connectivity index (χ3n) is 3.01. The van der Waals surface area contributed by atoms with E-state index in [0.29, 0.717) is 5.02 Å². The zero-order chi connectivity index (χ0) is 13.8. The number of aliphatic hydroxyl groups is 1. The molecule has 0 aliphatic carbocycles. The third kappa shape index (κ3) is 3.82. The second-order valence-corrected chi connectivity index (χ2v) is 5.95. The van der Waals surface area contributed by atoms with Gasteiger partial charge in [-0.25, -0.2) is 0 Å². The van der Waals surface area contributed by atoms with Crippen molar-refractivity contribution in [1.29, 1.82) is 0 Å². The van der Waals surface area contributed by atoms with Gasteiger partial charge in [-0.1, -0.05) is 65.1 Å². The molecule has 0 heterocycles. The fraction of sp³-hybridized carbons (Fsp3) is 0.250. The normalized spacial score (nSPS) is 12.4. The SMILES string of the molecule is CCCc1cccc(C(O)c2cc(Cl)cc(Br)c2)c1. The number of halogens is 2. The Kier molecular flexibility index (Phi) is 5.03.